The van der Waals surface area contributed by atoms with E-state index in [1.54, 1.807) is 31.2 Å². The van der Waals surface area contributed by atoms with Crippen molar-refractivity contribution in [3.8, 4) is 11.8 Å². The molecule has 8 heteroatoms. The standard InChI is InChI=1S/C19H13ClN2O4S/c1-13-2-10-17(11-3-13)27(25,26)19(22-21)18(24)12-16(23)9-6-14-4-7-15(20)8-5-14/h2-5,7-8,10-11H,12H2,1H3. The number of halogens is 1. The van der Waals surface area contributed by atoms with Gasteiger partial charge in [-0.15, -0.1) is 4.79 Å². The zero-order valence-corrected chi connectivity index (χ0v) is 15.7. The Kier molecular flexibility index (Phi) is 6.43. The second-order valence-electron chi connectivity index (χ2n) is 5.50. The number of nitrogens with zero attached hydrogens (tertiary/aromatic N) is 2. The van der Waals surface area contributed by atoms with Crippen LogP contribution in [0.3, 0.4) is 0 Å². The van der Waals surface area contributed by atoms with Crippen molar-refractivity contribution < 1.29 is 22.8 Å². The Morgan fingerprint density at radius 2 is 1.67 bits per heavy atom. The van der Waals surface area contributed by atoms with E-state index in [2.05, 4.69) is 16.6 Å². The van der Waals surface area contributed by atoms with E-state index >= 15 is 0 Å². The molecule has 0 aliphatic carbocycles. The molecule has 2 aromatic rings. The van der Waals surface area contributed by atoms with Gasteiger partial charge in [-0.1, -0.05) is 35.2 Å². The highest BCUT2D eigenvalue weighted by Crippen LogP contribution is 2.14. The number of carbonyl (C=O) groups is 2. The van der Waals surface area contributed by atoms with Gasteiger partial charge in [0.1, 0.15) is 0 Å². The maximum atomic E-state index is 12.4. The lowest BCUT2D eigenvalue weighted by Crippen LogP contribution is -2.27. The van der Waals surface area contributed by atoms with E-state index in [0.717, 1.165) is 5.56 Å². The van der Waals surface area contributed by atoms with Crippen molar-refractivity contribution in [2.45, 2.75) is 18.2 Å². The van der Waals surface area contributed by atoms with E-state index in [0.29, 0.717) is 10.6 Å². The first-order valence-electron chi connectivity index (χ1n) is 7.61. The van der Waals surface area contributed by atoms with Crippen LogP contribution >= 0.6 is 11.6 Å². The number of ketones is 2. The van der Waals surface area contributed by atoms with Crippen molar-refractivity contribution in [3.63, 3.8) is 0 Å². The van der Waals surface area contributed by atoms with Crippen LogP contribution in [0.4, 0.5) is 0 Å². The van der Waals surface area contributed by atoms with Crippen molar-refractivity contribution in [2.24, 2.45) is 0 Å². The van der Waals surface area contributed by atoms with Crippen LogP contribution < -0.4 is 0 Å². The Morgan fingerprint density at radius 3 is 2.22 bits per heavy atom. The highest BCUT2D eigenvalue weighted by molar-refractivity contribution is 8.08. The summed E-state index contributed by atoms with van der Waals surface area (Å²) in [6.45, 7) is 1.76. The van der Waals surface area contributed by atoms with Gasteiger partial charge in [0, 0.05) is 10.6 Å². The lowest BCUT2D eigenvalue weighted by atomic mass is 10.2. The Balaban J connectivity index is 2.18. The molecule has 0 atom stereocenters. The summed E-state index contributed by atoms with van der Waals surface area (Å²) in [5.41, 5.74) is 10.3. The van der Waals surface area contributed by atoms with Crippen LogP contribution in [0.15, 0.2) is 53.4 Å². The first-order chi connectivity index (χ1) is 12.7. The lowest BCUT2D eigenvalue weighted by Gasteiger charge is -2.00. The van der Waals surface area contributed by atoms with E-state index < -0.39 is 32.9 Å². The van der Waals surface area contributed by atoms with E-state index in [1.165, 1.54) is 24.3 Å². The fraction of sp³-hybridized carbons (Fsp3) is 0.105. The highest BCUT2D eigenvalue weighted by atomic mass is 35.5. The second-order valence-corrected chi connectivity index (χ2v) is 7.80. The molecule has 0 saturated heterocycles. The molecule has 27 heavy (non-hydrogen) atoms. The molecule has 2 aromatic carbocycles. The maximum absolute atomic E-state index is 12.4. The molecule has 0 radical (unpaired) electrons. The van der Waals surface area contributed by atoms with Gasteiger partial charge < -0.3 is 5.53 Å². The smallest absolute Gasteiger partial charge is 0.360 e. The molecule has 6 nitrogen and oxygen atoms in total. The van der Waals surface area contributed by atoms with Gasteiger partial charge in [-0.25, -0.2) is 8.42 Å². The van der Waals surface area contributed by atoms with Crippen molar-refractivity contribution in [1.29, 1.82) is 0 Å². The molecular weight excluding hydrogens is 388 g/mol. The number of hydrogen-bond donors (Lipinski definition) is 0. The highest BCUT2D eigenvalue weighted by Gasteiger charge is 2.37. The molecule has 0 saturated carbocycles. The molecule has 0 unspecified atom stereocenters. The number of rotatable bonds is 4. The molecule has 136 valence electrons. The predicted molar refractivity (Wildman–Crippen MR) is 100.0 cm³/mol. The molecule has 0 bridgehead atoms. The minimum Gasteiger partial charge on any atom is -0.360 e. The van der Waals surface area contributed by atoms with Gasteiger partial charge in [-0.05, 0) is 49.2 Å². The average molecular weight is 401 g/mol. The number of aryl methyl sites for hydroxylation is 1. The van der Waals surface area contributed by atoms with Crippen LogP contribution in [-0.2, 0) is 19.4 Å². The number of hydrogen-bond acceptors (Lipinski definition) is 4. The zero-order valence-electron chi connectivity index (χ0n) is 14.1. The quantitative estimate of drug-likeness (QED) is 0.196. The van der Waals surface area contributed by atoms with E-state index in [9.17, 15) is 18.0 Å². The van der Waals surface area contributed by atoms with Crippen LogP contribution in [-0.4, -0.2) is 29.8 Å². The van der Waals surface area contributed by atoms with Gasteiger partial charge in [0.15, 0.2) is 0 Å². The summed E-state index contributed by atoms with van der Waals surface area (Å²) in [7, 11) is -4.35. The minimum atomic E-state index is -4.35. The average Bonchev–Trinajstić information content (AvgIpc) is 2.62. The molecule has 0 amide bonds. The van der Waals surface area contributed by atoms with Crippen LogP contribution in [0, 0.1) is 18.8 Å². The predicted octanol–water partition coefficient (Wildman–Crippen LogP) is 2.63. The third-order valence-corrected chi connectivity index (χ3v) is 5.39. The molecular formula is C19H13ClN2O4S. The Hall–Kier alpha value is -3.04. The van der Waals surface area contributed by atoms with Crippen LogP contribution in [0.2, 0.25) is 5.02 Å². The van der Waals surface area contributed by atoms with Crippen molar-refractivity contribution in [2.75, 3.05) is 0 Å². The zero-order chi connectivity index (χ0) is 20.0. The molecule has 0 aromatic heterocycles. The third-order valence-electron chi connectivity index (χ3n) is 3.43. The molecule has 0 aliphatic rings. The van der Waals surface area contributed by atoms with E-state index in [-0.39, 0.29) is 4.90 Å². The summed E-state index contributed by atoms with van der Waals surface area (Å²) in [5, 5.41) is -0.597. The summed E-state index contributed by atoms with van der Waals surface area (Å²) >= 11 is 5.74. The molecule has 0 heterocycles. The van der Waals surface area contributed by atoms with Crippen LogP contribution in [0.5, 0.6) is 0 Å². The van der Waals surface area contributed by atoms with Gasteiger partial charge in [0.05, 0.1) is 11.3 Å². The molecule has 0 N–H and O–H groups in total. The SMILES string of the molecule is Cc1ccc(S(=O)(=O)C(=[N+]=[N-])C(=O)CC(=O)C#Cc2ccc(Cl)cc2)cc1. The first kappa shape index (κ1) is 20.3. The summed E-state index contributed by atoms with van der Waals surface area (Å²) in [6, 6.07) is 12.0. The fourth-order valence-electron chi connectivity index (χ4n) is 2.03. The minimum absolute atomic E-state index is 0.214. The molecule has 0 spiro atoms. The summed E-state index contributed by atoms with van der Waals surface area (Å²) in [6.07, 6.45) is -0.828. The monoisotopic (exact) mass is 400 g/mol. The number of benzene rings is 2. The van der Waals surface area contributed by atoms with Crippen LogP contribution in [0.1, 0.15) is 17.5 Å². The van der Waals surface area contributed by atoms with Gasteiger partial charge in [0.2, 0.25) is 5.78 Å². The number of carbonyl (C=O) groups excluding carboxylic acids is 2. The van der Waals surface area contributed by atoms with Crippen molar-refractivity contribution in [3.05, 3.63) is 70.2 Å². The van der Waals surface area contributed by atoms with Crippen molar-refractivity contribution >= 4 is 38.0 Å². The summed E-state index contributed by atoms with van der Waals surface area (Å²) < 4.78 is 24.9. The van der Waals surface area contributed by atoms with E-state index in [4.69, 9.17) is 17.1 Å². The largest absolute Gasteiger partial charge is 0.452 e. The van der Waals surface area contributed by atoms with E-state index in [1.807, 2.05) is 0 Å². The normalized spacial score (nSPS) is 10.3. The Labute approximate surface area is 161 Å². The van der Waals surface area contributed by atoms with Gasteiger partial charge in [-0.3, -0.25) is 9.59 Å². The number of sulfone groups is 1. The third kappa shape index (κ3) is 5.22. The van der Waals surface area contributed by atoms with Crippen molar-refractivity contribution in [1.82, 2.24) is 0 Å². The van der Waals surface area contributed by atoms with Gasteiger partial charge in [0.25, 0.3) is 15.6 Å². The molecule has 2 rings (SSSR count). The topological polar surface area (TPSA) is 105 Å². The summed E-state index contributed by atoms with van der Waals surface area (Å²) in [5.74, 6) is 2.84. The molecule has 0 aliphatic heterocycles. The Bertz CT molecular complexity index is 1100. The van der Waals surface area contributed by atoms with Crippen LogP contribution in [0.25, 0.3) is 5.53 Å². The molecule has 0 fully saturated rings. The first-order valence-corrected chi connectivity index (χ1v) is 9.47. The Morgan fingerprint density at radius 1 is 1.07 bits per heavy atom. The maximum Gasteiger partial charge on any atom is 0.452 e. The lowest BCUT2D eigenvalue weighted by molar-refractivity contribution is -0.122. The fourth-order valence-corrected chi connectivity index (χ4v) is 3.35. The van der Waals surface area contributed by atoms with Gasteiger partial charge >= 0.3 is 5.04 Å². The number of Topliss-reactive ketones (excluding diaryl/α,β-unsaturated/α-hetero) is 2. The summed E-state index contributed by atoms with van der Waals surface area (Å²) in [4.78, 5) is 26.4. The second kappa shape index (κ2) is 8.56. The van der Waals surface area contributed by atoms with Gasteiger partial charge in [-0.2, -0.15) is 0 Å².